The molecule has 6 rings (SSSR count). The van der Waals surface area contributed by atoms with E-state index in [4.69, 9.17) is 4.74 Å². The van der Waals surface area contributed by atoms with Gasteiger partial charge in [0.25, 0.3) is 5.91 Å². The third-order valence-electron chi connectivity index (χ3n) is 8.64. The first-order chi connectivity index (χ1) is 16.1. The molecule has 4 aliphatic carbocycles. The van der Waals surface area contributed by atoms with E-state index in [1.807, 2.05) is 0 Å². The number of carbonyl (C=O) groups is 3. The highest BCUT2D eigenvalue weighted by molar-refractivity contribution is 5.96. The maximum absolute atomic E-state index is 13.0. The standard InChI is InChI=1S/C27H37N3O4/c1-25-11-18-12-26(2,15-25)17-27(13-18,16-25)29-24(33)28-21-8-6-19(7-9-21)22(31)30-10-4-5-20(14-30)23(32)34-3/h6-9,18,20H,4-5,10-17H2,1-3H3,(H2,28,29,33). The van der Waals surface area contributed by atoms with Crippen LogP contribution in [0.3, 0.4) is 0 Å². The summed E-state index contributed by atoms with van der Waals surface area (Å²) < 4.78 is 4.85. The van der Waals surface area contributed by atoms with E-state index in [-0.39, 0.29) is 29.4 Å². The van der Waals surface area contributed by atoms with E-state index in [0.717, 1.165) is 32.1 Å². The van der Waals surface area contributed by atoms with Crippen molar-refractivity contribution in [1.82, 2.24) is 10.2 Å². The van der Waals surface area contributed by atoms with Crippen molar-refractivity contribution in [3.63, 3.8) is 0 Å². The third-order valence-corrected chi connectivity index (χ3v) is 8.64. The molecule has 5 fully saturated rings. The molecule has 34 heavy (non-hydrogen) atoms. The predicted molar refractivity (Wildman–Crippen MR) is 129 cm³/mol. The number of likely N-dealkylation sites (tertiary alicyclic amines) is 1. The van der Waals surface area contributed by atoms with Crippen molar-refractivity contribution in [1.29, 1.82) is 0 Å². The van der Waals surface area contributed by atoms with Crippen LogP contribution in [0.2, 0.25) is 0 Å². The minimum Gasteiger partial charge on any atom is -0.469 e. The summed E-state index contributed by atoms with van der Waals surface area (Å²) in [6.07, 6.45) is 8.60. The summed E-state index contributed by atoms with van der Waals surface area (Å²) in [5, 5.41) is 6.35. The molecule has 1 heterocycles. The Hall–Kier alpha value is -2.57. The number of rotatable bonds is 4. The SMILES string of the molecule is COC(=O)C1CCCN(C(=O)c2ccc(NC(=O)NC34CC5CC(C)(CC(C)(C5)C3)C4)cc2)C1. The fourth-order valence-electron chi connectivity index (χ4n) is 8.39. The molecule has 0 spiro atoms. The Balaban J connectivity index is 1.20. The van der Waals surface area contributed by atoms with Gasteiger partial charge in [-0.25, -0.2) is 4.79 Å². The van der Waals surface area contributed by atoms with Gasteiger partial charge in [-0.1, -0.05) is 13.8 Å². The highest BCUT2D eigenvalue weighted by Crippen LogP contribution is 2.66. The van der Waals surface area contributed by atoms with Gasteiger partial charge in [0.05, 0.1) is 13.0 Å². The van der Waals surface area contributed by atoms with E-state index < -0.39 is 0 Å². The topological polar surface area (TPSA) is 87.7 Å². The Morgan fingerprint density at radius 3 is 2.29 bits per heavy atom. The average molecular weight is 468 g/mol. The molecule has 1 saturated heterocycles. The summed E-state index contributed by atoms with van der Waals surface area (Å²) in [6, 6.07) is 6.87. The molecule has 7 nitrogen and oxygen atoms in total. The smallest absolute Gasteiger partial charge is 0.319 e. The van der Waals surface area contributed by atoms with Crippen LogP contribution in [-0.4, -0.2) is 48.5 Å². The van der Waals surface area contributed by atoms with Crippen LogP contribution in [0.25, 0.3) is 0 Å². The molecule has 5 aliphatic rings. The number of nitrogens with one attached hydrogen (secondary N) is 2. The number of benzene rings is 1. The maximum atomic E-state index is 13.0. The van der Waals surface area contributed by atoms with Gasteiger partial charge in [-0.05, 0) is 92.4 Å². The monoisotopic (exact) mass is 467 g/mol. The van der Waals surface area contributed by atoms with Crippen LogP contribution in [0.1, 0.15) is 75.6 Å². The van der Waals surface area contributed by atoms with Crippen LogP contribution in [0, 0.1) is 22.7 Å². The lowest BCUT2D eigenvalue weighted by Gasteiger charge is -2.65. The molecule has 4 saturated carbocycles. The molecule has 7 heteroatoms. The summed E-state index contributed by atoms with van der Waals surface area (Å²) in [4.78, 5) is 39.5. The van der Waals surface area contributed by atoms with Crippen molar-refractivity contribution in [3.05, 3.63) is 29.8 Å². The van der Waals surface area contributed by atoms with Crippen LogP contribution >= 0.6 is 0 Å². The minimum atomic E-state index is -0.263. The summed E-state index contributed by atoms with van der Waals surface area (Å²) in [5.74, 6) is 0.0941. The van der Waals surface area contributed by atoms with Crippen molar-refractivity contribution >= 4 is 23.6 Å². The summed E-state index contributed by atoms with van der Waals surface area (Å²) >= 11 is 0. The van der Waals surface area contributed by atoms with Gasteiger partial charge in [0.2, 0.25) is 0 Å². The highest BCUT2D eigenvalue weighted by Gasteiger charge is 2.60. The molecular weight excluding hydrogens is 430 g/mol. The molecule has 3 atom stereocenters. The van der Waals surface area contributed by atoms with Gasteiger partial charge in [-0.15, -0.1) is 0 Å². The molecule has 1 aromatic rings. The molecule has 1 aromatic carbocycles. The van der Waals surface area contributed by atoms with Crippen molar-refractivity contribution in [2.45, 2.75) is 70.8 Å². The van der Waals surface area contributed by atoms with E-state index in [0.29, 0.717) is 41.1 Å². The lowest BCUT2D eigenvalue weighted by Crippen LogP contribution is -2.65. The number of nitrogens with zero attached hydrogens (tertiary/aromatic N) is 1. The molecule has 3 amide bonds. The van der Waals surface area contributed by atoms with Gasteiger partial charge >= 0.3 is 12.0 Å². The fraction of sp³-hybridized carbons (Fsp3) is 0.667. The van der Waals surface area contributed by atoms with Crippen LogP contribution in [0.15, 0.2) is 24.3 Å². The molecule has 0 radical (unpaired) electrons. The minimum absolute atomic E-state index is 0.0975. The largest absolute Gasteiger partial charge is 0.469 e. The number of anilines is 1. The van der Waals surface area contributed by atoms with Crippen molar-refractivity contribution in [2.24, 2.45) is 22.7 Å². The number of hydrogen-bond acceptors (Lipinski definition) is 4. The first-order valence-electron chi connectivity index (χ1n) is 12.7. The van der Waals surface area contributed by atoms with Gasteiger partial charge in [0.15, 0.2) is 0 Å². The molecule has 2 N–H and O–H groups in total. The Bertz CT molecular complexity index is 972. The maximum Gasteiger partial charge on any atom is 0.319 e. The van der Waals surface area contributed by atoms with Crippen molar-refractivity contribution < 1.29 is 19.1 Å². The quantitative estimate of drug-likeness (QED) is 0.635. The Kier molecular flexibility index (Phi) is 5.64. The van der Waals surface area contributed by atoms with Gasteiger partial charge in [0.1, 0.15) is 0 Å². The van der Waals surface area contributed by atoms with Crippen LogP contribution in [0.5, 0.6) is 0 Å². The third kappa shape index (κ3) is 4.41. The fourth-order valence-corrected chi connectivity index (χ4v) is 8.39. The number of urea groups is 1. The number of methoxy groups -OCH3 is 1. The van der Waals surface area contributed by atoms with Crippen molar-refractivity contribution in [3.8, 4) is 0 Å². The second kappa shape index (κ2) is 8.28. The predicted octanol–water partition coefficient (Wildman–Crippen LogP) is 4.58. The average Bonchev–Trinajstić information content (AvgIpc) is 2.75. The molecule has 4 bridgehead atoms. The number of piperidine rings is 1. The summed E-state index contributed by atoms with van der Waals surface area (Å²) in [6.45, 7) is 5.82. The van der Waals surface area contributed by atoms with E-state index in [1.54, 1.807) is 29.2 Å². The van der Waals surface area contributed by atoms with Gasteiger partial charge in [-0.3, -0.25) is 9.59 Å². The second-order valence-electron chi connectivity index (χ2n) is 12.2. The van der Waals surface area contributed by atoms with Crippen LogP contribution in [0.4, 0.5) is 10.5 Å². The molecule has 1 aliphatic heterocycles. The zero-order valence-electron chi connectivity index (χ0n) is 20.6. The molecule has 0 aromatic heterocycles. The second-order valence-corrected chi connectivity index (χ2v) is 12.2. The van der Waals surface area contributed by atoms with Gasteiger partial charge in [0, 0.05) is 29.9 Å². The summed E-state index contributed by atoms with van der Waals surface area (Å²) in [7, 11) is 1.38. The number of amides is 3. The van der Waals surface area contributed by atoms with Gasteiger partial charge < -0.3 is 20.3 Å². The van der Waals surface area contributed by atoms with E-state index in [9.17, 15) is 14.4 Å². The molecule has 3 unspecified atom stereocenters. The Morgan fingerprint density at radius 1 is 1.00 bits per heavy atom. The number of ether oxygens (including phenoxy) is 1. The van der Waals surface area contributed by atoms with E-state index in [2.05, 4.69) is 24.5 Å². The normalized spacial score (nSPS) is 36.1. The van der Waals surface area contributed by atoms with Crippen LogP contribution < -0.4 is 10.6 Å². The molecular formula is C27H37N3O4. The summed E-state index contributed by atoms with van der Waals surface area (Å²) in [5.41, 5.74) is 1.80. The van der Waals surface area contributed by atoms with E-state index in [1.165, 1.54) is 26.4 Å². The highest BCUT2D eigenvalue weighted by atomic mass is 16.5. The first kappa shape index (κ1) is 23.2. The first-order valence-corrected chi connectivity index (χ1v) is 12.7. The number of carbonyl (C=O) groups excluding carboxylic acids is 3. The molecule has 184 valence electrons. The van der Waals surface area contributed by atoms with Gasteiger partial charge in [-0.2, -0.15) is 0 Å². The lowest BCUT2D eigenvalue weighted by molar-refractivity contribution is -0.146. The Morgan fingerprint density at radius 2 is 1.68 bits per heavy atom. The Labute approximate surface area is 202 Å². The lowest BCUT2D eigenvalue weighted by atomic mass is 9.43. The number of esters is 1. The zero-order valence-corrected chi connectivity index (χ0v) is 20.6. The number of hydrogen-bond donors (Lipinski definition) is 2. The zero-order chi connectivity index (χ0) is 24.1. The van der Waals surface area contributed by atoms with Crippen molar-refractivity contribution in [2.75, 3.05) is 25.5 Å². The van der Waals surface area contributed by atoms with Crippen LogP contribution in [-0.2, 0) is 9.53 Å². The van der Waals surface area contributed by atoms with E-state index >= 15 is 0 Å².